The van der Waals surface area contributed by atoms with Crippen LogP contribution in [-0.2, 0) is 6.42 Å². The molecule has 0 amide bonds. The van der Waals surface area contributed by atoms with E-state index in [4.69, 9.17) is 15.2 Å². The maximum absolute atomic E-state index is 5.78. The molecule has 2 N–H and O–H groups in total. The average Bonchev–Trinajstić information content (AvgIpc) is 2.26. The number of hydrogen-bond donors (Lipinski definition) is 1. The molecule has 0 heterocycles. The number of rotatable bonds is 5. The molecule has 1 unspecified atom stereocenters. The third-order valence-electron chi connectivity index (χ3n) is 2.37. The summed E-state index contributed by atoms with van der Waals surface area (Å²) < 4.78 is 10.6. The minimum atomic E-state index is 0. The Morgan fingerprint density at radius 3 is 2.06 bits per heavy atom. The van der Waals surface area contributed by atoms with Crippen LogP contribution in [0, 0.1) is 0 Å². The second kappa shape index (κ2) is 7.20. The van der Waals surface area contributed by atoms with Gasteiger partial charge in [-0.15, -0.1) is 12.4 Å². The molecule has 0 radical (unpaired) electrons. The molecule has 1 atom stereocenters. The first-order chi connectivity index (χ1) is 7.62. The van der Waals surface area contributed by atoms with Crippen molar-refractivity contribution in [2.24, 2.45) is 5.73 Å². The van der Waals surface area contributed by atoms with Crippen molar-refractivity contribution in [3.8, 4) is 11.5 Å². The highest BCUT2D eigenvalue weighted by molar-refractivity contribution is 5.85. The van der Waals surface area contributed by atoms with Crippen molar-refractivity contribution in [2.75, 3.05) is 14.2 Å². The van der Waals surface area contributed by atoms with Crippen LogP contribution in [0.3, 0.4) is 0 Å². The monoisotopic (exact) mass is 257 g/mol. The number of hydrogen-bond acceptors (Lipinski definition) is 3. The molecule has 1 rings (SSSR count). The van der Waals surface area contributed by atoms with E-state index in [-0.39, 0.29) is 18.4 Å². The summed E-state index contributed by atoms with van der Waals surface area (Å²) in [5, 5.41) is 0. The molecule has 0 aliphatic rings. The SMILES string of the molecule is C=Cc1c(OC)cc(CC(C)N)cc1OC.Cl. The van der Waals surface area contributed by atoms with Gasteiger partial charge in [-0.25, -0.2) is 0 Å². The van der Waals surface area contributed by atoms with Crippen LogP contribution < -0.4 is 15.2 Å². The zero-order valence-corrected chi connectivity index (χ0v) is 11.3. The molecule has 0 spiro atoms. The van der Waals surface area contributed by atoms with E-state index < -0.39 is 0 Å². The molecule has 0 aromatic heterocycles. The van der Waals surface area contributed by atoms with Gasteiger partial charge in [0.1, 0.15) is 11.5 Å². The Labute approximate surface area is 109 Å². The minimum Gasteiger partial charge on any atom is -0.496 e. The second-order valence-electron chi connectivity index (χ2n) is 3.80. The lowest BCUT2D eigenvalue weighted by Gasteiger charge is -2.14. The molecule has 0 bridgehead atoms. The first-order valence-electron chi connectivity index (χ1n) is 5.25. The first-order valence-corrected chi connectivity index (χ1v) is 5.25. The van der Waals surface area contributed by atoms with Crippen molar-refractivity contribution in [1.82, 2.24) is 0 Å². The highest BCUT2D eigenvalue weighted by Crippen LogP contribution is 2.31. The van der Waals surface area contributed by atoms with Crippen LogP contribution >= 0.6 is 12.4 Å². The first kappa shape index (κ1) is 15.8. The van der Waals surface area contributed by atoms with Gasteiger partial charge in [-0.3, -0.25) is 0 Å². The van der Waals surface area contributed by atoms with E-state index in [1.54, 1.807) is 20.3 Å². The number of ether oxygens (including phenoxy) is 2. The zero-order valence-electron chi connectivity index (χ0n) is 10.5. The number of halogens is 1. The van der Waals surface area contributed by atoms with Crippen LogP contribution in [0.15, 0.2) is 18.7 Å². The van der Waals surface area contributed by atoms with Gasteiger partial charge in [0, 0.05) is 6.04 Å². The Morgan fingerprint density at radius 2 is 1.76 bits per heavy atom. The predicted octanol–water partition coefficient (Wildman–Crippen LogP) is 2.66. The number of methoxy groups -OCH3 is 2. The summed E-state index contributed by atoms with van der Waals surface area (Å²) in [5.74, 6) is 1.54. The Morgan fingerprint density at radius 1 is 1.29 bits per heavy atom. The average molecular weight is 258 g/mol. The lowest BCUT2D eigenvalue weighted by Crippen LogP contribution is -2.17. The van der Waals surface area contributed by atoms with Crippen molar-refractivity contribution in [3.05, 3.63) is 29.8 Å². The molecule has 0 saturated carbocycles. The lowest BCUT2D eigenvalue weighted by molar-refractivity contribution is 0.391. The molecule has 1 aromatic rings. The van der Waals surface area contributed by atoms with Crippen LogP contribution in [0.25, 0.3) is 6.08 Å². The van der Waals surface area contributed by atoms with E-state index >= 15 is 0 Å². The van der Waals surface area contributed by atoms with Crippen LogP contribution in [0.5, 0.6) is 11.5 Å². The molecule has 0 fully saturated rings. The fourth-order valence-electron chi connectivity index (χ4n) is 1.68. The quantitative estimate of drug-likeness (QED) is 0.882. The Hall–Kier alpha value is -1.19. The minimum absolute atomic E-state index is 0. The largest absolute Gasteiger partial charge is 0.496 e. The van der Waals surface area contributed by atoms with Gasteiger partial charge >= 0.3 is 0 Å². The van der Waals surface area contributed by atoms with Crippen molar-refractivity contribution >= 4 is 18.5 Å². The Bertz CT molecular complexity index is 353. The molecular formula is C13H20ClNO2. The summed E-state index contributed by atoms with van der Waals surface area (Å²) in [5.41, 5.74) is 7.76. The van der Waals surface area contributed by atoms with Gasteiger partial charge in [-0.05, 0) is 31.0 Å². The molecule has 96 valence electrons. The maximum Gasteiger partial charge on any atom is 0.130 e. The van der Waals surface area contributed by atoms with Gasteiger partial charge in [0.2, 0.25) is 0 Å². The molecule has 0 aliphatic carbocycles. The van der Waals surface area contributed by atoms with E-state index in [1.165, 1.54) is 0 Å². The van der Waals surface area contributed by atoms with E-state index in [0.717, 1.165) is 29.0 Å². The standard InChI is InChI=1S/C13H19NO2.ClH/c1-5-11-12(15-3)7-10(6-9(2)14)8-13(11)16-4;/h5,7-9H,1,6,14H2,2-4H3;1H. The van der Waals surface area contributed by atoms with Crippen molar-refractivity contribution in [1.29, 1.82) is 0 Å². The summed E-state index contributed by atoms with van der Waals surface area (Å²) in [4.78, 5) is 0. The Balaban J connectivity index is 0.00000256. The molecule has 4 heteroatoms. The van der Waals surface area contributed by atoms with Gasteiger partial charge < -0.3 is 15.2 Å². The number of benzene rings is 1. The van der Waals surface area contributed by atoms with Crippen LogP contribution in [0.1, 0.15) is 18.1 Å². The van der Waals surface area contributed by atoms with Crippen LogP contribution in [-0.4, -0.2) is 20.3 Å². The highest BCUT2D eigenvalue weighted by Gasteiger charge is 2.10. The summed E-state index contributed by atoms with van der Waals surface area (Å²) in [7, 11) is 3.27. The van der Waals surface area contributed by atoms with E-state index in [1.807, 2.05) is 19.1 Å². The van der Waals surface area contributed by atoms with Gasteiger partial charge in [-0.1, -0.05) is 12.7 Å². The summed E-state index contributed by atoms with van der Waals surface area (Å²) >= 11 is 0. The molecule has 0 saturated heterocycles. The maximum atomic E-state index is 5.78. The fraction of sp³-hybridized carbons (Fsp3) is 0.385. The van der Waals surface area contributed by atoms with Crippen LogP contribution in [0.4, 0.5) is 0 Å². The fourth-order valence-corrected chi connectivity index (χ4v) is 1.68. The van der Waals surface area contributed by atoms with Crippen molar-refractivity contribution in [3.63, 3.8) is 0 Å². The summed E-state index contributed by atoms with van der Waals surface area (Å²) in [6.07, 6.45) is 2.53. The topological polar surface area (TPSA) is 44.5 Å². The normalized spacial score (nSPS) is 11.3. The zero-order chi connectivity index (χ0) is 12.1. The van der Waals surface area contributed by atoms with Crippen molar-refractivity contribution < 1.29 is 9.47 Å². The molecule has 17 heavy (non-hydrogen) atoms. The van der Waals surface area contributed by atoms with E-state index in [2.05, 4.69) is 6.58 Å². The summed E-state index contributed by atoms with van der Waals surface area (Å²) in [6, 6.07) is 4.06. The van der Waals surface area contributed by atoms with Gasteiger partial charge in [0.05, 0.1) is 19.8 Å². The molecule has 1 aromatic carbocycles. The Kier molecular flexibility index (Phi) is 6.69. The van der Waals surface area contributed by atoms with Gasteiger partial charge in [0.15, 0.2) is 0 Å². The molecule has 0 aliphatic heterocycles. The number of nitrogens with two attached hydrogens (primary N) is 1. The highest BCUT2D eigenvalue weighted by atomic mass is 35.5. The molecular weight excluding hydrogens is 238 g/mol. The molecule has 3 nitrogen and oxygen atoms in total. The van der Waals surface area contributed by atoms with E-state index in [0.29, 0.717) is 0 Å². The van der Waals surface area contributed by atoms with Gasteiger partial charge in [-0.2, -0.15) is 0 Å². The lowest BCUT2D eigenvalue weighted by atomic mass is 10.0. The van der Waals surface area contributed by atoms with Crippen molar-refractivity contribution in [2.45, 2.75) is 19.4 Å². The predicted molar refractivity (Wildman–Crippen MR) is 74.2 cm³/mol. The van der Waals surface area contributed by atoms with Gasteiger partial charge in [0.25, 0.3) is 0 Å². The third-order valence-corrected chi connectivity index (χ3v) is 2.37. The smallest absolute Gasteiger partial charge is 0.130 e. The second-order valence-corrected chi connectivity index (χ2v) is 3.80. The third kappa shape index (κ3) is 3.95. The summed E-state index contributed by atoms with van der Waals surface area (Å²) in [6.45, 7) is 5.73. The van der Waals surface area contributed by atoms with E-state index in [9.17, 15) is 0 Å². The van der Waals surface area contributed by atoms with Crippen LogP contribution in [0.2, 0.25) is 0 Å².